The first-order valence-electron chi connectivity index (χ1n) is 5.10. The molecule has 14 heavy (non-hydrogen) atoms. The fourth-order valence-corrected chi connectivity index (χ4v) is 1.32. The quantitative estimate of drug-likeness (QED) is 0.190. The zero-order valence-electron chi connectivity index (χ0n) is 8.75. The summed E-state index contributed by atoms with van der Waals surface area (Å²) in [6.07, 6.45) is 3.96. The maximum Gasteiger partial charge on any atom is 0.205 e. The smallest absolute Gasteiger partial charge is 0.205 e. The predicted molar refractivity (Wildman–Crippen MR) is 56.8 cm³/mol. The van der Waals surface area contributed by atoms with Gasteiger partial charge in [-0.25, -0.2) is 5.84 Å². The molecule has 0 spiro atoms. The average Bonchev–Trinajstić information content (AvgIpc) is 2.13. The molecule has 5 heteroatoms. The van der Waals surface area contributed by atoms with Crippen LogP contribution in [0.15, 0.2) is 4.99 Å². The molecule has 1 aliphatic rings. The van der Waals surface area contributed by atoms with Crippen LogP contribution in [0.2, 0.25) is 0 Å². The topological polar surface area (TPSA) is 71.7 Å². The number of hydrogen-bond donors (Lipinski definition) is 3. The highest BCUT2D eigenvalue weighted by Crippen LogP contribution is 2.26. The van der Waals surface area contributed by atoms with Crippen molar-refractivity contribution in [2.75, 3.05) is 26.8 Å². The molecule has 1 saturated carbocycles. The third kappa shape index (κ3) is 3.93. The van der Waals surface area contributed by atoms with Crippen LogP contribution in [0.4, 0.5) is 0 Å². The number of rotatable bonds is 5. The Morgan fingerprint density at radius 1 is 1.57 bits per heavy atom. The third-order valence-corrected chi connectivity index (χ3v) is 2.47. The first kappa shape index (κ1) is 11.3. The average molecular weight is 200 g/mol. The molecule has 0 aliphatic heterocycles. The summed E-state index contributed by atoms with van der Waals surface area (Å²) in [6, 6.07) is 0. The Morgan fingerprint density at radius 2 is 2.36 bits per heavy atom. The van der Waals surface area contributed by atoms with E-state index in [9.17, 15) is 0 Å². The molecule has 0 unspecified atom stereocenters. The number of nitrogens with two attached hydrogens (primary N) is 1. The lowest BCUT2D eigenvalue weighted by Gasteiger charge is -2.23. The molecular formula is C9H20N4O. The molecule has 0 heterocycles. The van der Waals surface area contributed by atoms with Crippen molar-refractivity contribution in [2.45, 2.75) is 19.3 Å². The minimum Gasteiger partial charge on any atom is -0.383 e. The van der Waals surface area contributed by atoms with Gasteiger partial charge in [-0.3, -0.25) is 10.4 Å². The van der Waals surface area contributed by atoms with Crippen molar-refractivity contribution >= 4 is 5.96 Å². The van der Waals surface area contributed by atoms with Crippen LogP contribution in [0.3, 0.4) is 0 Å². The third-order valence-electron chi connectivity index (χ3n) is 2.47. The lowest BCUT2D eigenvalue weighted by atomic mass is 9.86. The normalized spacial score (nSPS) is 17.7. The Bertz CT molecular complexity index is 180. The summed E-state index contributed by atoms with van der Waals surface area (Å²) in [5, 5.41) is 3.06. The van der Waals surface area contributed by atoms with E-state index in [0.717, 1.165) is 19.0 Å². The van der Waals surface area contributed by atoms with Crippen LogP contribution < -0.4 is 16.6 Å². The van der Waals surface area contributed by atoms with E-state index in [1.54, 1.807) is 7.11 Å². The maximum absolute atomic E-state index is 5.32. The van der Waals surface area contributed by atoms with Gasteiger partial charge in [0.1, 0.15) is 0 Å². The highest BCUT2D eigenvalue weighted by atomic mass is 16.5. The zero-order chi connectivity index (χ0) is 10.2. The van der Waals surface area contributed by atoms with Crippen LogP contribution >= 0.6 is 0 Å². The number of ether oxygens (including phenoxy) is 1. The number of aliphatic imine (C=N–C) groups is 1. The second kappa shape index (κ2) is 6.62. The largest absolute Gasteiger partial charge is 0.383 e. The van der Waals surface area contributed by atoms with Gasteiger partial charge in [-0.15, -0.1) is 0 Å². The van der Waals surface area contributed by atoms with Crippen LogP contribution in [0.5, 0.6) is 0 Å². The molecule has 0 amide bonds. The molecule has 4 N–H and O–H groups in total. The van der Waals surface area contributed by atoms with Gasteiger partial charge in [0.05, 0.1) is 6.61 Å². The Hall–Kier alpha value is -0.810. The van der Waals surface area contributed by atoms with E-state index in [0.29, 0.717) is 12.6 Å². The summed E-state index contributed by atoms with van der Waals surface area (Å²) >= 11 is 0. The molecule has 1 fully saturated rings. The summed E-state index contributed by atoms with van der Waals surface area (Å²) in [6.45, 7) is 2.26. The summed E-state index contributed by atoms with van der Waals surface area (Å²) in [5.74, 6) is 6.74. The Labute approximate surface area is 85.1 Å². The van der Waals surface area contributed by atoms with Crippen molar-refractivity contribution in [1.29, 1.82) is 0 Å². The van der Waals surface area contributed by atoms with Gasteiger partial charge in [0.2, 0.25) is 5.96 Å². The van der Waals surface area contributed by atoms with E-state index in [2.05, 4.69) is 15.7 Å². The Balaban J connectivity index is 2.14. The number of hydrazine groups is 1. The Kier molecular flexibility index (Phi) is 5.32. The summed E-state index contributed by atoms with van der Waals surface area (Å²) < 4.78 is 4.91. The summed E-state index contributed by atoms with van der Waals surface area (Å²) in [7, 11) is 1.67. The molecular weight excluding hydrogens is 180 g/mol. The minimum absolute atomic E-state index is 0.657. The molecule has 82 valence electrons. The van der Waals surface area contributed by atoms with Crippen LogP contribution in [-0.4, -0.2) is 32.8 Å². The second-order valence-corrected chi connectivity index (χ2v) is 3.55. The van der Waals surface area contributed by atoms with E-state index >= 15 is 0 Å². The van der Waals surface area contributed by atoms with Crippen LogP contribution in [0.25, 0.3) is 0 Å². The van der Waals surface area contributed by atoms with E-state index < -0.39 is 0 Å². The molecule has 0 bridgehead atoms. The van der Waals surface area contributed by atoms with E-state index in [-0.39, 0.29) is 0 Å². The molecule has 5 nitrogen and oxygen atoms in total. The highest BCUT2D eigenvalue weighted by molar-refractivity contribution is 5.79. The lowest BCUT2D eigenvalue weighted by molar-refractivity contribution is 0.203. The highest BCUT2D eigenvalue weighted by Gasteiger charge is 2.16. The van der Waals surface area contributed by atoms with Crippen molar-refractivity contribution in [1.82, 2.24) is 10.7 Å². The molecule has 1 aliphatic carbocycles. The molecule has 0 aromatic heterocycles. The van der Waals surface area contributed by atoms with Gasteiger partial charge in [-0.05, 0) is 18.8 Å². The number of hydrogen-bond acceptors (Lipinski definition) is 3. The van der Waals surface area contributed by atoms with Gasteiger partial charge in [0.25, 0.3) is 0 Å². The maximum atomic E-state index is 5.32. The second-order valence-electron chi connectivity index (χ2n) is 3.55. The van der Waals surface area contributed by atoms with Crippen molar-refractivity contribution in [3.05, 3.63) is 0 Å². The standard InChI is InChI=1S/C9H20N4O/c1-14-6-5-11-9(13-10)12-7-8-3-2-4-8/h8H,2-7,10H2,1H3,(H2,11,12,13). The van der Waals surface area contributed by atoms with Gasteiger partial charge in [-0.2, -0.15) is 0 Å². The molecule has 0 aromatic rings. The van der Waals surface area contributed by atoms with Gasteiger partial charge in [-0.1, -0.05) is 6.42 Å². The number of nitrogens with one attached hydrogen (secondary N) is 2. The number of methoxy groups -OCH3 is 1. The van der Waals surface area contributed by atoms with Gasteiger partial charge >= 0.3 is 0 Å². The van der Waals surface area contributed by atoms with Crippen LogP contribution in [0, 0.1) is 5.92 Å². The van der Waals surface area contributed by atoms with Crippen molar-refractivity contribution in [3.63, 3.8) is 0 Å². The molecule has 0 saturated heterocycles. The fraction of sp³-hybridized carbons (Fsp3) is 0.889. The van der Waals surface area contributed by atoms with E-state index in [1.807, 2.05) is 0 Å². The van der Waals surface area contributed by atoms with Gasteiger partial charge < -0.3 is 10.1 Å². The molecule has 0 atom stereocenters. The predicted octanol–water partition coefficient (Wildman–Crippen LogP) is -0.158. The van der Waals surface area contributed by atoms with Crippen molar-refractivity contribution in [3.8, 4) is 0 Å². The fourth-order valence-electron chi connectivity index (χ4n) is 1.32. The van der Waals surface area contributed by atoms with Crippen LogP contribution in [-0.2, 0) is 4.74 Å². The summed E-state index contributed by atoms with van der Waals surface area (Å²) in [5.41, 5.74) is 2.55. The summed E-state index contributed by atoms with van der Waals surface area (Å²) in [4.78, 5) is 4.35. The SMILES string of the molecule is COCCNC(=NCC1CCC1)NN. The first-order valence-corrected chi connectivity index (χ1v) is 5.10. The first-order chi connectivity index (χ1) is 6.86. The number of nitrogens with zero attached hydrogens (tertiary/aromatic N) is 1. The van der Waals surface area contributed by atoms with E-state index in [4.69, 9.17) is 10.6 Å². The lowest BCUT2D eigenvalue weighted by Crippen LogP contribution is -2.43. The van der Waals surface area contributed by atoms with Gasteiger partial charge in [0, 0.05) is 20.2 Å². The monoisotopic (exact) mass is 200 g/mol. The van der Waals surface area contributed by atoms with Crippen LogP contribution in [0.1, 0.15) is 19.3 Å². The van der Waals surface area contributed by atoms with Crippen molar-refractivity contribution < 1.29 is 4.74 Å². The Morgan fingerprint density at radius 3 is 2.86 bits per heavy atom. The van der Waals surface area contributed by atoms with E-state index in [1.165, 1.54) is 19.3 Å². The number of guanidine groups is 1. The molecule has 1 rings (SSSR count). The van der Waals surface area contributed by atoms with Gasteiger partial charge in [0.15, 0.2) is 0 Å². The molecule has 0 aromatic carbocycles. The zero-order valence-corrected chi connectivity index (χ0v) is 8.75. The minimum atomic E-state index is 0.657. The molecule has 0 radical (unpaired) electrons. The van der Waals surface area contributed by atoms with Crippen molar-refractivity contribution in [2.24, 2.45) is 16.8 Å².